The fourth-order valence-corrected chi connectivity index (χ4v) is 3.81. The highest BCUT2D eigenvalue weighted by atomic mass is 32.2. The molecule has 0 spiro atoms. The van der Waals surface area contributed by atoms with Crippen LogP contribution < -0.4 is 5.32 Å². The lowest BCUT2D eigenvalue weighted by atomic mass is 10.1. The molecule has 0 unspecified atom stereocenters. The summed E-state index contributed by atoms with van der Waals surface area (Å²) in [6.45, 7) is 0.789. The zero-order valence-electron chi connectivity index (χ0n) is 11.4. The van der Waals surface area contributed by atoms with Crippen LogP contribution >= 0.6 is 0 Å². The Hall–Kier alpha value is -1.62. The summed E-state index contributed by atoms with van der Waals surface area (Å²) in [5.41, 5.74) is 2.38. The van der Waals surface area contributed by atoms with Crippen LogP contribution in [0.3, 0.4) is 0 Å². The molecule has 4 nitrogen and oxygen atoms in total. The molecule has 1 N–H and O–H groups in total. The highest BCUT2D eigenvalue weighted by molar-refractivity contribution is 7.85. The van der Waals surface area contributed by atoms with Gasteiger partial charge < -0.3 is 5.32 Å². The van der Waals surface area contributed by atoms with E-state index in [1.165, 1.54) is 5.56 Å². The molecule has 1 aromatic carbocycles. The SMILES string of the molecule is O=S1CCC(Nc2cccc(Cn3cccn3)c2)CC1. The number of nitrogens with zero attached hydrogens (tertiary/aromatic N) is 2. The Morgan fingerprint density at radius 3 is 2.90 bits per heavy atom. The number of rotatable bonds is 4. The minimum absolute atomic E-state index is 0.452. The van der Waals surface area contributed by atoms with Crippen LogP contribution in [-0.2, 0) is 17.3 Å². The highest BCUT2D eigenvalue weighted by Crippen LogP contribution is 2.18. The predicted molar refractivity (Wildman–Crippen MR) is 82.3 cm³/mol. The topological polar surface area (TPSA) is 46.9 Å². The first kappa shape index (κ1) is 13.4. The number of hydrogen-bond acceptors (Lipinski definition) is 3. The van der Waals surface area contributed by atoms with E-state index in [0.717, 1.165) is 36.6 Å². The van der Waals surface area contributed by atoms with Gasteiger partial charge in [-0.1, -0.05) is 12.1 Å². The standard InChI is InChI=1S/C15H19N3OS/c19-20-9-5-14(6-10-20)17-15-4-1-3-13(11-15)12-18-8-2-7-16-18/h1-4,7-8,11,14,17H,5-6,9-10,12H2. The minimum Gasteiger partial charge on any atom is -0.382 e. The van der Waals surface area contributed by atoms with Crippen LogP contribution in [0.4, 0.5) is 5.69 Å². The summed E-state index contributed by atoms with van der Waals surface area (Å²) in [5, 5.41) is 7.78. The molecule has 0 radical (unpaired) electrons. The predicted octanol–water partition coefficient (Wildman–Crippen LogP) is 2.25. The first-order valence-electron chi connectivity index (χ1n) is 6.97. The largest absolute Gasteiger partial charge is 0.382 e. The van der Waals surface area contributed by atoms with Crippen molar-refractivity contribution in [3.8, 4) is 0 Å². The molecule has 106 valence electrons. The molecule has 20 heavy (non-hydrogen) atoms. The summed E-state index contributed by atoms with van der Waals surface area (Å²) in [6, 6.07) is 10.8. The fourth-order valence-electron chi connectivity index (χ4n) is 2.51. The third-order valence-electron chi connectivity index (χ3n) is 3.59. The van der Waals surface area contributed by atoms with Gasteiger partial charge >= 0.3 is 0 Å². The zero-order chi connectivity index (χ0) is 13.8. The summed E-state index contributed by atoms with van der Waals surface area (Å²) in [7, 11) is -0.597. The molecule has 3 rings (SSSR count). The number of anilines is 1. The van der Waals surface area contributed by atoms with Crippen molar-refractivity contribution in [2.24, 2.45) is 0 Å². The zero-order valence-corrected chi connectivity index (χ0v) is 12.2. The molecular formula is C15H19N3OS. The minimum atomic E-state index is -0.597. The van der Waals surface area contributed by atoms with Crippen LogP contribution in [-0.4, -0.2) is 31.5 Å². The monoisotopic (exact) mass is 289 g/mol. The van der Waals surface area contributed by atoms with E-state index in [2.05, 4.69) is 34.7 Å². The molecule has 0 saturated carbocycles. The molecule has 0 aliphatic carbocycles. The van der Waals surface area contributed by atoms with E-state index in [4.69, 9.17) is 0 Å². The van der Waals surface area contributed by atoms with Gasteiger partial charge in [-0.05, 0) is 36.6 Å². The summed E-state index contributed by atoms with van der Waals surface area (Å²) in [5.74, 6) is 1.65. The molecule has 0 atom stereocenters. The van der Waals surface area contributed by atoms with Crippen molar-refractivity contribution in [1.82, 2.24) is 9.78 Å². The van der Waals surface area contributed by atoms with Crippen LogP contribution in [0.5, 0.6) is 0 Å². The Kier molecular flexibility index (Phi) is 4.16. The molecule has 1 aliphatic rings. The van der Waals surface area contributed by atoms with Crippen molar-refractivity contribution >= 4 is 16.5 Å². The van der Waals surface area contributed by atoms with Crippen LogP contribution in [0.1, 0.15) is 18.4 Å². The number of benzene rings is 1. The van der Waals surface area contributed by atoms with E-state index >= 15 is 0 Å². The quantitative estimate of drug-likeness (QED) is 0.939. The van der Waals surface area contributed by atoms with E-state index in [1.807, 2.05) is 16.9 Å². The average Bonchev–Trinajstić information content (AvgIpc) is 2.95. The molecule has 1 saturated heterocycles. The van der Waals surface area contributed by atoms with Gasteiger partial charge in [0, 0.05) is 46.4 Å². The van der Waals surface area contributed by atoms with Gasteiger partial charge in [0.2, 0.25) is 0 Å². The lowest BCUT2D eigenvalue weighted by Crippen LogP contribution is -2.29. The second-order valence-corrected chi connectivity index (χ2v) is 6.87. The van der Waals surface area contributed by atoms with E-state index < -0.39 is 10.8 Å². The molecule has 2 heterocycles. The number of aromatic nitrogens is 2. The van der Waals surface area contributed by atoms with Crippen molar-refractivity contribution in [3.63, 3.8) is 0 Å². The smallest absolute Gasteiger partial charge is 0.0660 e. The normalized spacial score (nSPS) is 22.6. The number of hydrogen-bond donors (Lipinski definition) is 1. The molecule has 5 heteroatoms. The van der Waals surface area contributed by atoms with Crippen LogP contribution in [0.15, 0.2) is 42.7 Å². The summed E-state index contributed by atoms with van der Waals surface area (Å²) >= 11 is 0. The van der Waals surface area contributed by atoms with Crippen LogP contribution in [0, 0.1) is 0 Å². The molecule has 1 aromatic heterocycles. The van der Waals surface area contributed by atoms with E-state index in [9.17, 15) is 4.21 Å². The second-order valence-electron chi connectivity index (χ2n) is 5.17. The third kappa shape index (κ3) is 3.48. The van der Waals surface area contributed by atoms with E-state index in [-0.39, 0.29) is 0 Å². The van der Waals surface area contributed by atoms with E-state index in [1.54, 1.807) is 6.20 Å². The first-order chi connectivity index (χ1) is 9.79. The Balaban J connectivity index is 1.63. The average molecular weight is 289 g/mol. The maximum absolute atomic E-state index is 11.4. The van der Waals surface area contributed by atoms with Crippen molar-refractivity contribution in [2.75, 3.05) is 16.8 Å². The van der Waals surface area contributed by atoms with Gasteiger partial charge in [-0.3, -0.25) is 8.89 Å². The Morgan fingerprint density at radius 2 is 2.15 bits per heavy atom. The lowest BCUT2D eigenvalue weighted by molar-refractivity contribution is 0.624. The third-order valence-corrected chi connectivity index (χ3v) is 4.97. The Bertz CT molecular complexity index is 573. The van der Waals surface area contributed by atoms with Gasteiger partial charge in [-0.2, -0.15) is 5.10 Å². The van der Waals surface area contributed by atoms with Crippen molar-refractivity contribution in [1.29, 1.82) is 0 Å². The lowest BCUT2D eigenvalue weighted by Gasteiger charge is -2.23. The van der Waals surface area contributed by atoms with Gasteiger partial charge in [0.1, 0.15) is 0 Å². The Labute approximate surface area is 121 Å². The Morgan fingerprint density at radius 1 is 1.30 bits per heavy atom. The fraction of sp³-hybridized carbons (Fsp3) is 0.400. The van der Waals surface area contributed by atoms with Crippen molar-refractivity contribution in [3.05, 3.63) is 48.3 Å². The van der Waals surface area contributed by atoms with Crippen molar-refractivity contribution in [2.45, 2.75) is 25.4 Å². The molecule has 1 fully saturated rings. The molecule has 0 amide bonds. The molecule has 2 aromatic rings. The summed E-state index contributed by atoms with van der Waals surface area (Å²) in [6.07, 6.45) is 5.76. The highest BCUT2D eigenvalue weighted by Gasteiger charge is 2.17. The van der Waals surface area contributed by atoms with Gasteiger partial charge in [-0.15, -0.1) is 0 Å². The van der Waals surface area contributed by atoms with E-state index in [0.29, 0.717) is 6.04 Å². The molecule has 1 aliphatic heterocycles. The van der Waals surface area contributed by atoms with Crippen LogP contribution in [0.25, 0.3) is 0 Å². The first-order valence-corrected chi connectivity index (χ1v) is 8.46. The maximum Gasteiger partial charge on any atom is 0.0660 e. The summed E-state index contributed by atoms with van der Waals surface area (Å²) < 4.78 is 13.3. The molecular weight excluding hydrogens is 270 g/mol. The number of nitrogens with one attached hydrogen (secondary N) is 1. The summed E-state index contributed by atoms with van der Waals surface area (Å²) in [4.78, 5) is 0. The second kappa shape index (κ2) is 6.22. The van der Waals surface area contributed by atoms with Crippen LogP contribution in [0.2, 0.25) is 0 Å². The maximum atomic E-state index is 11.4. The van der Waals surface area contributed by atoms with Gasteiger partial charge in [0.15, 0.2) is 0 Å². The van der Waals surface area contributed by atoms with Gasteiger partial charge in [0.25, 0.3) is 0 Å². The van der Waals surface area contributed by atoms with Gasteiger partial charge in [0.05, 0.1) is 6.54 Å². The molecule has 0 bridgehead atoms. The van der Waals surface area contributed by atoms with Crippen molar-refractivity contribution < 1.29 is 4.21 Å². The van der Waals surface area contributed by atoms with Gasteiger partial charge in [-0.25, -0.2) is 0 Å².